The fraction of sp³-hybridized carbons (Fsp3) is 0.385. The highest BCUT2D eigenvalue weighted by Gasteiger charge is 2.21. The molecule has 0 aliphatic rings. The number of aromatic nitrogens is 2. The number of aldehydes is 2. The van der Waals surface area contributed by atoms with E-state index in [0.717, 1.165) is 108 Å². The van der Waals surface area contributed by atoms with Crippen molar-refractivity contribution < 1.29 is 9.59 Å². The van der Waals surface area contributed by atoms with Gasteiger partial charge >= 0.3 is 0 Å². The first-order valence-corrected chi connectivity index (χ1v) is 11.2. The van der Waals surface area contributed by atoms with E-state index in [-0.39, 0.29) is 0 Å². The summed E-state index contributed by atoms with van der Waals surface area (Å²) in [5, 5.41) is 4.55. The molecule has 0 radical (unpaired) electrons. The van der Waals surface area contributed by atoms with Gasteiger partial charge in [0, 0.05) is 10.8 Å². The van der Waals surface area contributed by atoms with Crippen molar-refractivity contribution in [1.29, 1.82) is 0 Å². The Morgan fingerprint density at radius 1 is 0.700 bits per heavy atom. The molecule has 0 saturated heterocycles. The van der Waals surface area contributed by atoms with Gasteiger partial charge in [-0.25, -0.2) is 0 Å². The van der Waals surface area contributed by atoms with Gasteiger partial charge in [0.05, 0.1) is 22.4 Å². The first-order valence-electron chi connectivity index (χ1n) is 11.2. The second-order valence-corrected chi connectivity index (χ2v) is 8.23. The highest BCUT2D eigenvalue weighted by molar-refractivity contribution is 6.27. The summed E-state index contributed by atoms with van der Waals surface area (Å²) in [6, 6.07) is 8.40. The van der Waals surface area contributed by atoms with E-state index in [1.54, 1.807) is 0 Å². The molecule has 4 rings (SSSR count). The number of H-pyrrole nitrogens is 2. The quantitative estimate of drug-likeness (QED) is 0.224. The molecule has 2 N–H and O–H groups in total. The highest BCUT2D eigenvalue weighted by atomic mass is 16.1. The van der Waals surface area contributed by atoms with Gasteiger partial charge < -0.3 is 9.97 Å². The third-order valence-electron chi connectivity index (χ3n) is 6.29. The Morgan fingerprint density at radius 3 is 1.50 bits per heavy atom. The molecule has 2 aromatic carbocycles. The van der Waals surface area contributed by atoms with Crippen molar-refractivity contribution in [2.24, 2.45) is 0 Å². The molecule has 0 amide bonds. The van der Waals surface area contributed by atoms with E-state index < -0.39 is 0 Å². The SMILES string of the molecule is CCCCCc1c(C=O)[nH]c2c3[nH]c(C=O)c(CCCCC)c3c3ccccc3c12. The van der Waals surface area contributed by atoms with Gasteiger partial charge in [-0.15, -0.1) is 0 Å². The minimum atomic E-state index is 0.661. The van der Waals surface area contributed by atoms with E-state index in [9.17, 15) is 9.59 Å². The fourth-order valence-corrected chi connectivity index (χ4v) is 4.83. The van der Waals surface area contributed by atoms with Crippen molar-refractivity contribution >= 4 is 45.2 Å². The van der Waals surface area contributed by atoms with Gasteiger partial charge in [-0.3, -0.25) is 9.59 Å². The van der Waals surface area contributed by atoms with Gasteiger partial charge in [0.25, 0.3) is 0 Å². The molecule has 0 atom stereocenters. The molecular formula is C26H30N2O2. The lowest BCUT2D eigenvalue weighted by atomic mass is 9.94. The number of hydrogen-bond donors (Lipinski definition) is 2. The van der Waals surface area contributed by atoms with E-state index in [1.807, 2.05) is 0 Å². The zero-order valence-electron chi connectivity index (χ0n) is 17.9. The van der Waals surface area contributed by atoms with E-state index >= 15 is 0 Å². The molecule has 0 aliphatic heterocycles. The summed E-state index contributed by atoms with van der Waals surface area (Å²) in [6.45, 7) is 4.38. The van der Waals surface area contributed by atoms with Crippen molar-refractivity contribution in [3.63, 3.8) is 0 Å². The van der Waals surface area contributed by atoms with Gasteiger partial charge in [0.2, 0.25) is 0 Å². The molecule has 4 aromatic rings. The zero-order chi connectivity index (χ0) is 21.1. The average Bonchev–Trinajstić information content (AvgIpc) is 3.33. The Balaban J connectivity index is 2.06. The number of carbonyl (C=O) groups is 2. The predicted octanol–water partition coefficient (Wildman–Crippen LogP) is 6.89. The van der Waals surface area contributed by atoms with Crippen LogP contribution < -0.4 is 0 Å². The standard InChI is InChI=1S/C26H30N2O2/c1-3-5-7-13-19-21(15-29)27-25-23(19)17-11-9-10-12-18(17)24-20(14-8-6-4-2)22(16-30)28-26(24)25/h9-12,15-16,27-28H,3-8,13-14H2,1-2H3. The predicted molar refractivity (Wildman–Crippen MR) is 125 cm³/mol. The lowest BCUT2D eigenvalue weighted by molar-refractivity contribution is 0.111. The van der Waals surface area contributed by atoms with Crippen LogP contribution in [0.2, 0.25) is 0 Å². The van der Waals surface area contributed by atoms with Crippen LogP contribution in [-0.4, -0.2) is 22.5 Å². The number of aryl methyl sites for hydroxylation is 2. The summed E-state index contributed by atoms with van der Waals surface area (Å²) < 4.78 is 0. The third kappa shape index (κ3) is 3.34. The molecule has 4 heteroatoms. The lowest BCUT2D eigenvalue weighted by Gasteiger charge is -2.08. The van der Waals surface area contributed by atoms with Crippen molar-refractivity contribution in [3.8, 4) is 0 Å². The normalized spacial score (nSPS) is 11.7. The molecule has 0 fully saturated rings. The van der Waals surface area contributed by atoms with Crippen molar-refractivity contribution in [2.45, 2.75) is 65.2 Å². The van der Waals surface area contributed by atoms with Gasteiger partial charge in [-0.2, -0.15) is 0 Å². The number of carbonyl (C=O) groups excluding carboxylic acids is 2. The van der Waals surface area contributed by atoms with Gasteiger partial charge in [-0.1, -0.05) is 63.8 Å². The van der Waals surface area contributed by atoms with Crippen LogP contribution in [0, 0.1) is 0 Å². The third-order valence-corrected chi connectivity index (χ3v) is 6.29. The molecule has 2 heterocycles. The monoisotopic (exact) mass is 402 g/mol. The van der Waals surface area contributed by atoms with Crippen LogP contribution in [-0.2, 0) is 12.8 Å². The molecule has 2 aromatic heterocycles. The van der Waals surface area contributed by atoms with E-state index in [1.165, 1.54) is 0 Å². The van der Waals surface area contributed by atoms with Crippen LogP contribution in [0.15, 0.2) is 24.3 Å². The molecule has 0 unspecified atom stereocenters. The summed E-state index contributed by atoms with van der Waals surface area (Å²) in [4.78, 5) is 30.6. The van der Waals surface area contributed by atoms with Crippen molar-refractivity contribution in [3.05, 3.63) is 46.8 Å². The number of nitrogens with one attached hydrogen (secondary N) is 2. The Kier molecular flexibility index (Phi) is 6.03. The summed E-state index contributed by atoms with van der Waals surface area (Å²) >= 11 is 0. The molecule has 0 spiro atoms. The molecule has 0 bridgehead atoms. The Bertz CT molecular complexity index is 1120. The maximum Gasteiger partial charge on any atom is 0.166 e. The Hall–Kier alpha value is -2.88. The minimum absolute atomic E-state index is 0.661. The molecule has 30 heavy (non-hydrogen) atoms. The second kappa shape index (κ2) is 8.86. The zero-order valence-corrected chi connectivity index (χ0v) is 17.9. The fourth-order valence-electron chi connectivity index (χ4n) is 4.83. The topological polar surface area (TPSA) is 65.7 Å². The second-order valence-electron chi connectivity index (χ2n) is 8.23. The van der Waals surface area contributed by atoms with Gasteiger partial charge in [-0.05, 0) is 47.6 Å². The first-order chi connectivity index (χ1) is 14.7. The van der Waals surface area contributed by atoms with Crippen LogP contribution in [0.5, 0.6) is 0 Å². The Labute approximate surface area is 177 Å². The first kappa shape index (κ1) is 20.4. The largest absolute Gasteiger partial charge is 0.350 e. The van der Waals surface area contributed by atoms with E-state index in [0.29, 0.717) is 11.4 Å². The number of benzene rings is 2. The maximum atomic E-state index is 11.9. The van der Waals surface area contributed by atoms with Crippen molar-refractivity contribution in [1.82, 2.24) is 9.97 Å². The van der Waals surface area contributed by atoms with Gasteiger partial charge in [0.15, 0.2) is 12.6 Å². The summed E-state index contributed by atoms with van der Waals surface area (Å²) in [6.07, 6.45) is 10.3. The average molecular weight is 403 g/mol. The van der Waals surface area contributed by atoms with Crippen molar-refractivity contribution in [2.75, 3.05) is 0 Å². The number of unbranched alkanes of at least 4 members (excludes halogenated alkanes) is 4. The number of aromatic amines is 2. The van der Waals surface area contributed by atoms with Gasteiger partial charge in [0.1, 0.15) is 0 Å². The van der Waals surface area contributed by atoms with E-state index in [2.05, 4.69) is 48.1 Å². The van der Waals surface area contributed by atoms with E-state index in [4.69, 9.17) is 0 Å². The summed E-state index contributed by atoms with van der Waals surface area (Å²) in [7, 11) is 0. The molecular weight excluding hydrogens is 372 g/mol. The molecule has 0 aliphatic carbocycles. The highest BCUT2D eigenvalue weighted by Crippen LogP contribution is 2.40. The number of hydrogen-bond acceptors (Lipinski definition) is 2. The van der Waals surface area contributed by atoms with Crippen LogP contribution in [0.3, 0.4) is 0 Å². The summed E-state index contributed by atoms with van der Waals surface area (Å²) in [5.41, 5.74) is 5.41. The minimum Gasteiger partial charge on any atom is -0.350 e. The molecule has 4 nitrogen and oxygen atoms in total. The lowest BCUT2D eigenvalue weighted by Crippen LogP contribution is -1.92. The number of rotatable bonds is 10. The van der Waals surface area contributed by atoms with Crippen LogP contribution in [0.25, 0.3) is 32.6 Å². The van der Waals surface area contributed by atoms with Crippen LogP contribution >= 0.6 is 0 Å². The molecule has 0 saturated carbocycles. The summed E-state index contributed by atoms with van der Waals surface area (Å²) in [5.74, 6) is 0. The van der Waals surface area contributed by atoms with Crippen LogP contribution in [0.1, 0.15) is 84.5 Å². The molecule has 156 valence electrons. The smallest absolute Gasteiger partial charge is 0.166 e. The maximum absolute atomic E-state index is 11.9. The Morgan fingerprint density at radius 2 is 1.13 bits per heavy atom. The van der Waals surface area contributed by atoms with Crippen LogP contribution in [0.4, 0.5) is 0 Å². The number of fused-ring (bicyclic) bond motifs is 6.